The fourth-order valence-electron chi connectivity index (χ4n) is 1.46. The molecule has 18 heavy (non-hydrogen) atoms. The van der Waals surface area contributed by atoms with Gasteiger partial charge in [0, 0.05) is 7.05 Å². The van der Waals surface area contributed by atoms with Crippen LogP contribution >= 0.6 is 0 Å². The number of hydrogen-bond donors (Lipinski definition) is 1. The predicted octanol–water partition coefficient (Wildman–Crippen LogP) is 1.18. The Hall–Kier alpha value is -1.44. The van der Waals surface area contributed by atoms with Gasteiger partial charge in [0.05, 0.1) is 17.6 Å². The van der Waals surface area contributed by atoms with Gasteiger partial charge in [0.1, 0.15) is 0 Å². The molecule has 1 rings (SSSR count). The van der Waals surface area contributed by atoms with Gasteiger partial charge in [-0.1, -0.05) is 4.47 Å². The molecule has 7 heteroatoms. The Balaban J connectivity index is 3.55. The Labute approximate surface area is 106 Å². The van der Waals surface area contributed by atoms with Gasteiger partial charge in [0.2, 0.25) is 0 Å². The number of carboxylic acid groups (broad SMARTS) is 1. The summed E-state index contributed by atoms with van der Waals surface area (Å²) in [5, 5.41) is 8.95. The van der Waals surface area contributed by atoms with Crippen molar-refractivity contribution in [3.8, 4) is 0 Å². The number of carboxylic acids is 1. The van der Waals surface area contributed by atoms with E-state index in [2.05, 4.69) is 4.84 Å². The first kappa shape index (κ1) is 14.6. The highest BCUT2D eigenvalue weighted by atomic mass is 32.2. The van der Waals surface area contributed by atoms with Crippen LogP contribution < -0.4 is 0 Å². The molecule has 0 aromatic heterocycles. The van der Waals surface area contributed by atoms with Crippen molar-refractivity contribution in [2.75, 3.05) is 14.2 Å². The number of aryl methyl sites for hydroxylation is 1. The van der Waals surface area contributed by atoms with Crippen molar-refractivity contribution < 1.29 is 23.2 Å². The largest absolute Gasteiger partial charge is 0.478 e. The second-order valence-corrected chi connectivity index (χ2v) is 5.72. The van der Waals surface area contributed by atoms with Crippen LogP contribution in [0.5, 0.6) is 0 Å². The second kappa shape index (κ2) is 5.05. The molecule has 0 aliphatic rings. The Bertz CT molecular complexity index is 579. The third-order valence-electron chi connectivity index (χ3n) is 2.74. The van der Waals surface area contributed by atoms with Crippen LogP contribution in [0.2, 0.25) is 0 Å². The quantitative estimate of drug-likeness (QED) is 0.833. The zero-order valence-electron chi connectivity index (χ0n) is 10.6. The van der Waals surface area contributed by atoms with E-state index < -0.39 is 16.0 Å². The van der Waals surface area contributed by atoms with Crippen molar-refractivity contribution in [1.29, 1.82) is 0 Å². The maximum Gasteiger partial charge on any atom is 0.335 e. The first-order chi connectivity index (χ1) is 8.21. The lowest BCUT2D eigenvalue weighted by molar-refractivity contribution is -0.0259. The lowest BCUT2D eigenvalue weighted by atomic mass is 10.1. The highest BCUT2D eigenvalue weighted by Gasteiger charge is 2.25. The minimum Gasteiger partial charge on any atom is -0.478 e. The number of hydroxylamine groups is 1. The first-order valence-corrected chi connectivity index (χ1v) is 6.53. The van der Waals surface area contributed by atoms with Crippen molar-refractivity contribution >= 4 is 16.0 Å². The van der Waals surface area contributed by atoms with Crippen molar-refractivity contribution in [1.82, 2.24) is 4.47 Å². The van der Waals surface area contributed by atoms with E-state index >= 15 is 0 Å². The number of benzene rings is 1. The SMILES string of the molecule is CON(C)S(=O)(=O)c1cc(C(=O)O)cc(C)c1C. The third kappa shape index (κ3) is 2.53. The van der Waals surface area contributed by atoms with E-state index in [1.165, 1.54) is 20.2 Å². The standard InChI is InChI=1S/C11H15NO5S/c1-7-5-9(11(13)14)6-10(8(7)2)18(15,16)12(3)17-4/h5-6H,1-4H3,(H,13,14). The van der Waals surface area contributed by atoms with E-state index in [0.29, 0.717) is 15.6 Å². The topological polar surface area (TPSA) is 83.9 Å². The fourth-order valence-corrected chi connectivity index (χ4v) is 2.75. The van der Waals surface area contributed by atoms with Crippen molar-refractivity contribution in [3.63, 3.8) is 0 Å². The average Bonchev–Trinajstić information content (AvgIpc) is 2.30. The van der Waals surface area contributed by atoms with Crippen molar-refractivity contribution in [2.24, 2.45) is 0 Å². The summed E-state index contributed by atoms with van der Waals surface area (Å²) in [5.74, 6) is -1.17. The van der Waals surface area contributed by atoms with E-state index in [9.17, 15) is 13.2 Å². The molecule has 0 amide bonds. The molecule has 0 aliphatic carbocycles. The van der Waals surface area contributed by atoms with Crippen LogP contribution in [0, 0.1) is 13.8 Å². The molecule has 0 heterocycles. The molecule has 0 radical (unpaired) electrons. The van der Waals surface area contributed by atoms with Crippen molar-refractivity contribution in [2.45, 2.75) is 18.7 Å². The summed E-state index contributed by atoms with van der Waals surface area (Å²) >= 11 is 0. The maximum absolute atomic E-state index is 12.1. The summed E-state index contributed by atoms with van der Waals surface area (Å²) in [7, 11) is -1.38. The second-order valence-electron chi connectivity index (χ2n) is 3.82. The molecule has 1 aromatic carbocycles. The van der Waals surface area contributed by atoms with E-state index in [1.54, 1.807) is 13.8 Å². The average molecular weight is 273 g/mol. The molecule has 0 saturated heterocycles. The van der Waals surface area contributed by atoms with Crippen LogP contribution in [0.15, 0.2) is 17.0 Å². The van der Waals surface area contributed by atoms with Crippen LogP contribution in [-0.4, -0.2) is 38.1 Å². The number of carbonyl (C=O) groups is 1. The molecule has 0 atom stereocenters. The Morgan fingerprint density at radius 3 is 2.33 bits per heavy atom. The van der Waals surface area contributed by atoms with E-state index in [-0.39, 0.29) is 10.5 Å². The Morgan fingerprint density at radius 2 is 1.89 bits per heavy atom. The third-order valence-corrected chi connectivity index (χ3v) is 4.55. The number of nitrogens with zero attached hydrogens (tertiary/aromatic N) is 1. The van der Waals surface area contributed by atoms with Gasteiger partial charge in [-0.3, -0.25) is 4.84 Å². The van der Waals surface area contributed by atoms with Crippen LogP contribution in [0.4, 0.5) is 0 Å². The van der Waals surface area contributed by atoms with Gasteiger partial charge in [-0.05, 0) is 37.1 Å². The smallest absolute Gasteiger partial charge is 0.335 e. The highest BCUT2D eigenvalue weighted by molar-refractivity contribution is 7.89. The molecule has 6 nitrogen and oxygen atoms in total. The fraction of sp³-hybridized carbons (Fsp3) is 0.364. The van der Waals surface area contributed by atoms with E-state index in [0.717, 1.165) is 6.07 Å². The zero-order chi connectivity index (χ0) is 14.1. The van der Waals surface area contributed by atoms with E-state index in [4.69, 9.17) is 5.11 Å². The molecule has 0 aliphatic heterocycles. The minimum atomic E-state index is -3.85. The summed E-state index contributed by atoms with van der Waals surface area (Å²) in [6, 6.07) is 2.57. The number of hydrogen-bond acceptors (Lipinski definition) is 4. The molecule has 0 fully saturated rings. The molecular weight excluding hydrogens is 258 g/mol. The van der Waals surface area contributed by atoms with Crippen LogP contribution in [0.25, 0.3) is 0 Å². The molecule has 1 N–H and O–H groups in total. The van der Waals surface area contributed by atoms with Gasteiger partial charge in [0.25, 0.3) is 10.0 Å². The van der Waals surface area contributed by atoms with Gasteiger partial charge < -0.3 is 5.11 Å². The van der Waals surface area contributed by atoms with Gasteiger partial charge in [-0.15, -0.1) is 0 Å². The van der Waals surface area contributed by atoms with E-state index in [1.807, 2.05) is 0 Å². The van der Waals surface area contributed by atoms with Crippen LogP contribution in [-0.2, 0) is 14.9 Å². The molecular formula is C11H15NO5S. The molecule has 0 bridgehead atoms. The number of aromatic carboxylic acids is 1. The lowest BCUT2D eigenvalue weighted by Gasteiger charge is -2.17. The minimum absolute atomic E-state index is 0.0655. The maximum atomic E-state index is 12.1. The Morgan fingerprint density at radius 1 is 1.33 bits per heavy atom. The summed E-state index contributed by atoms with van der Waals surface area (Å²) in [4.78, 5) is 15.5. The van der Waals surface area contributed by atoms with Gasteiger partial charge in [0.15, 0.2) is 0 Å². The highest BCUT2D eigenvalue weighted by Crippen LogP contribution is 2.23. The summed E-state index contributed by atoms with van der Waals surface area (Å²) in [6.07, 6.45) is 0. The monoisotopic (exact) mass is 273 g/mol. The first-order valence-electron chi connectivity index (χ1n) is 5.09. The number of rotatable bonds is 4. The number of sulfonamides is 1. The summed E-state index contributed by atoms with van der Waals surface area (Å²) in [6.45, 7) is 3.28. The van der Waals surface area contributed by atoms with Gasteiger partial charge in [-0.25, -0.2) is 13.2 Å². The van der Waals surface area contributed by atoms with Crippen molar-refractivity contribution in [3.05, 3.63) is 28.8 Å². The van der Waals surface area contributed by atoms with Crippen LogP contribution in [0.3, 0.4) is 0 Å². The normalized spacial score (nSPS) is 11.8. The lowest BCUT2D eigenvalue weighted by Crippen LogP contribution is -2.26. The van der Waals surface area contributed by atoms with Gasteiger partial charge >= 0.3 is 5.97 Å². The molecule has 0 unspecified atom stereocenters. The molecule has 0 spiro atoms. The molecule has 1 aromatic rings. The summed E-state index contributed by atoms with van der Waals surface area (Å²) in [5.41, 5.74) is 1.03. The zero-order valence-corrected chi connectivity index (χ0v) is 11.4. The molecule has 100 valence electrons. The van der Waals surface area contributed by atoms with Crippen LogP contribution in [0.1, 0.15) is 21.5 Å². The van der Waals surface area contributed by atoms with Gasteiger partial charge in [-0.2, -0.15) is 0 Å². The predicted molar refractivity (Wildman–Crippen MR) is 64.8 cm³/mol. The summed E-state index contributed by atoms with van der Waals surface area (Å²) < 4.78 is 24.9. The Kier molecular flexibility index (Phi) is 4.10. The molecule has 0 saturated carbocycles.